The summed E-state index contributed by atoms with van der Waals surface area (Å²) in [4.78, 5) is 27.8. The van der Waals surface area contributed by atoms with Gasteiger partial charge in [0.25, 0.3) is 11.8 Å². The van der Waals surface area contributed by atoms with Crippen LogP contribution in [0.25, 0.3) is 16.8 Å². The highest BCUT2D eigenvalue weighted by atomic mass is 35.5. The van der Waals surface area contributed by atoms with E-state index in [1.54, 1.807) is 12.1 Å². The topological polar surface area (TPSA) is 59.1 Å². The summed E-state index contributed by atoms with van der Waals surface area (Å²) in [7, 11) is 3.06. The number of carbonyl (C=O) groups excluding carboxylic acids is 2. The fraction of sp³-hybridized carbons (Fsp3) is 0.192. The van der Waals surface area contributed by atoms with E-state index in [1.165, 1.54) is 30.0 Å². The second-order valence-corrected chi connectivity index (χ2v) is 8.57. The summed E-state index contributed by atoms with van der Waals surface area (Å²) in [6.45, 7) is 2.54. The predicted molar refractivity (Wildman–Crippen MR) is 137 cm³/mol. The van der Waals surface area contributed by atoms with Crippen LogP contribution in [0.2, 0.25) is 5.02 Å². The zero-order valence-corrected chi connectivity index (χ0v) is 20.6. The molecular weight excluding hydrogens is 472 g/mol. The molecule has 1 saturated heterocycles. The molecule has 0 atom stereocenters. The van der Waals surface area contributed by atoms with Crippen molar-refractivity contribution in [2.75, 3.05) is 20.7 Å². The molecule has 0 radical (unpaired) electrons. The Morgan fingerprint density at radius 2 is 1.62 bits per heavy atom. The molecule has 0 spiro atoms. The smallest absolute Gasteiger partial charge is 0.265 e. The molecule has 0 N–H and O–H groups in total. The molecule has 0 aliphatic carbocycles. The first-order chi connectivity index (χ1) is 16.3. The van der Waals surface area contributed by atoms with E-state index in [-0.39, 0.29) is 10.7 Å². The summed E-state index contributed by atoms with van der Waals surface area (Å²) in [5.41, 5.74) is 1.52. The summed E-state index contributed by atoms with van der Waals surface area (Å²) in [6.07, 6.45) is 1.49. The van der Waals surface area contributed by atoms with Gasteiger partial charge in [0.1, 0.15) is 12.2 Å². The van der Waals surface area contributed by atoms with Gasteiger partial charge in [0.15, 0.2) is 16.6 Å². The zero-order valence-electron chi connectivity index (χ0n) is 19.0. The van der Waals surface area contributed by atoms with Crippen LogP contribution < -0.4 is 9.47 Å². The van der Waals surface area contributed by atoms with Gasteiger partial charge in [-0.2, -0.15) is 0 Å². The van der Waals surface area contributed by atoms with Crippen molar-refractivity contribution in [3.8, 4) is 11.5 Å². The number of fused-ring (bicyclic) bond motifs is 1. The third-order valence-corrected chi connectivity index (χ3v) is 6.31. The number of amides is 2. The third-order valence-electron chi connectivity index (χ3n) is 5.48. The first-order valence-corrected chi connectivity index (χ1v) is 11.5. The van der Waals surface area contributed by atoms with E-state index in [4.69, 9.17) is 33.3 Å². The van der Waals surface area contributed by atoms with Crippen molar-refractivity contribution < 1.29 is 19.1 Å². The molecule has 1 fully saturated rings. The van der Waals surface area contributed by atoms with Gasteiger partial charge in [-0.15, -0.1) is 0 Å². The maximum atomic E-state index is 12.6. The minimum absolute atomic E-state index is 0.0121. The lowest BCUT2D eigenvalue weighted by Crippen LogP contribution is -2.52. The Morgan fingerprint density at radius 1 is 0.941 bits per heavy atom. The maximum Gasteiger partial charge on any atom is 0.265 e. The summed E-state index contributed by atoms with van der Waals surface area (Å²) < 4.78 is 11.8. The molecule has 8 heteroatoms. The van der Waals surface area contributed by atoms with E-state index in [1.807, 2.05) is 31.2 Å². The molecule has 1 aliphatic heterocycles. The average molecular weight is 495 g/mol. The minimum Gasteiger partial charge on any atom is -0.490 e. The monoisotopic (exact) mass is 494 g/mol. The van der Waals surface area contributed by atoms with Crippen molar-refractivity contribution in [2.45, 2.75) is 13.5 Å². The van der Waals surface area contributed by atoms with Crippen LogP contribution in [0.3, 0.4) is 0 Å². The lowest BCUT2D eigenvalue weighted by Gasteiger charge is -2.31. The van der Waals surface area contributed by atoms with Gasteiger partial charge >= 0.3 is 0 Å². The van der Waals surface area contributed by atoms with Crippen molar-refractivity contribution in [1.29, 1.82) is 0 Å². The number of halogens is 1. The molecular formula is C26H23ClN2O4S. The van der Waals surface area contributed by atoms with Crippen LogP contribution in [-0.2, 0) is 16.2 Å². The fourth-order valence-corrected chi connectivity index (χ4v) is 4.14. The molecule has 3 aromatic carbocycles. The van der Waals surface area contributed by atoms with Crippen LogP contribution in [0.4, 0.5) is 0 Å². The van der Waals surface area contributed by atoms with Crippen molar-refractivity contribution in [1.82, 2.24) is 9.80 Å². The Morgan fingerprint density at radius 3 is 2.29 bits per heavy atom. The SMILES string of the molecule is CCOc1cc(C=C2C(=O)N(C)C(=S)N(C)C2=O)cc(Cl)c1OCc1ccc2ccccc2c1. The summed E-state index contributed by atoms with van der Waals surface area (Å²) in [6, 6.07) is 17.6. The summed E-state index contributed by atoms with van der Waals surface area (Å²) in [5, 5.41) is 2.74. The lowest BCUT2D eigenvalue weighted by atomic mass is 10.1. The van der Waals surface area contributed by atoms with Crippen molar-refractivity contribution in [3.63, 3.8) is 0 Å². The standard InChI is InChI=1S/C26H23ClN2O4S/c1-4-32-22-14-17(12-20-24(30)28(2)26(34)29(3)25(20)31)13-21(27)23(22)33-15-16-9-10-18-7-5-6-8-19(18)11-16/h5-14H,4,15H2,1-3H3. The second-order valence-electron chi connectivity index (χ2n) is 7.80. The highest BCUT2D eigenvalue weighted by Crippen LogP contribution is 2.38. The van der Waals surface area contributed by atoms with E-state index < -0.39 is 11.8 Å². The van der Waals surface area contributed by atoms with E-state index in [0.717, 1.165) is 16.3 Å². The molecule has 34 heavy (non-hydrogen) atoms. The van der Waals surface area contributed by atoms with Crippen LogP contribution in [0.15, 0.2) is 60.2 Å². The van der Waals surface area contributed by atoms with Crippen LogP contribution in [-0.4, -0.2) is 47.4 Å². The number of benzene rings is 3. The van der Waals surface area contributed by atoms with Crippen molar-refractivity contribution in [3.05, 3.63) is 76.3 Å². The molecule has 174 valence electrons. The fourth-order valence-electron chi connectivity index (χ4n) is 3.70. The van der Waals surface area contributed by atoms with Crippen molar-refractivity contribution >= 4 is 57.6 Å². The second kappa shape index (κ2) is 9.83. The normalized spacial score (nSPS) is 14.1. The Bertz CT molecular complexity index is 1310. The number of rotatable bonds is 6. The Kier molecular flexibility index (Phi) is 6.86. The number of hydrogen-bond donors (Lipinski definition) is 0. The molecule has 0 bridgehead atoms. The Hall–Kier alpha value is -3.42. The highest BCUT2D eigenvalue weighted by molar-refractivity contribution is 7.80. The predicted octanol–water partition coefficient (Wildman–Crippen LogP) is 5.07. The summed E-state index contributed by atoms with van der Waals surface area (Å²) >= 11 is 11.7. The number of ether oxygens (including phenoxy) is 2. The van der Waals surface area contributed by atoms with E-state index in [0.29, 0.717) is 35.3 Å². The molecule has 1 heterocycles. The number of carbonyl (C=O) groups is 2. The molecule has 0 unspecified atom stereocenters. The van der Waals surface area contributed by atoms with Gasteiger partial charge in [-0.1, -0.05) is 48.0 Å². The van der Waals surface area contributed by atoms with E-state index >= 15 is 0 Å². The van der Waals surface area contributed by atoms with Gasteiger partial charge in [0, 0.05) is 14.1 Å². The number of thiocarbonyl (C=S) groups is 1. The van der Waals surface area contributed by atoms with Gasteiger partial charge in [-0.3, -0.25) is 19.4 Å². The van der Waals surface area contributed by atoms with Crippen LogP contribution in [0.1, 0.15) is 18.1 Å². The number of nitrogens with zero attached hydrogens (tertiary/aromatic N) is 2. The van der Waals surface area contributed by atoms with E-state index in [2.05, 4.69) is 18.2 Å². The lowest BCUT2D eigenvalue weighted by molar-refractivity contribution is -0.132. The average Bonchev–Trinajstić information content (AvgIpc) is 2.84. The molecule has 0 saturated carbocycles. The molecule has 4 rings (SSSR count). The van der Waals surface area contributed by atoms with Gasteiger partial charge < -0.3 is 9.47 Å². The quantitative estimate of drug-likeness (QED) is 0.272. The molecule has 6 nitrogen and oxygen atoms in total. The minimum atomic E-state index is -0.473. The van der Waals surface area contributed by atoms with Gasteiger partial charge in [0.05, 0.1) is 11.6 Å². The van der Waals surface area contributed by atoms with E-state index in [9.17, 15) is 9.59 Å². The van der Waals surface area contributed by atoms with Crippen LogP contribution >= 0.6 is 23.8 Å². The molecule has 1 aliphatic rings. The van der Waals surface area contributed by atoms with Crippen molar-refractivity contribution in [2.24, 2.45) is 0 Å². The van der Waals surface area contributed by atoms with Gasteiger partial charge in [-0.25, -0.2) is 0 Å². The zero-order chi connectivity index (χ0) is 24.4. The molecule has 2 amide bonds. The Balaban J connectivity index is 1.63. The van der Waals surface area contributed by atoms with Crippen LogP contribution in [0, 0.1) is 0 Å². The Labute approximate surface area is 208 Å². The molecule has 3 aromatic rings. The summed E-state index contributed by atoms with van der Waals surface area (Å²) in [5.74, 6) is -0.122. The highest BCUT2D eigenvalue weighted by Gasteiger charge is 2.35. The van der Waals surface area contributed by atoms with Gasteiger partial charge in [0.2, 0.25) is 0 Å². The first-order valence-electron chi connectivity index (χ1n) is 10.7. The largest absolute Gasteiger partial charge is 0.490 e. The first kappa shape index (κ1) is 23.7. The number of likely N-dealkylation sites (N-methyl/N-ethyl adjacent to an activating group) is 2. The third kappa shape index (κ3) is 4.62. The number of hydrogen-bond acceptors (Lipinski definition) is 5. The van der Waals surface area contributed by atoms with Gasteiger partial charge in [-0.05, 0) is 65.3 Å². The van der Waals surface area contributed by atoms with Crippen LogP contribution in [0.5, 0.6) is 11.5 Å². The maximum absolute atomic E-state index is 12.6. The molecule has 0 aromatic heterocycles.